The maximum atomic E-state index is 5.31. The van der Waals surface area contributed by atoms with Crippen LogP contribution >= 0.6 is 11.8 Å². The average Bonchev–Trinajstić information content (AvgIpc) is 2.58. The summed E-state index contributed by atoms with van der Waals surface area (Å²) in [4.78, 5) is 0. The first-order valence-electron chi connectivity index (χ1n) is 3.96. The lowest BCUT2D eigenvalue weighted by atomic mass is 9.90. The smallest absolute Gasteiger partial charge is 0.0851 e. The molecule has 0 aromatic carbocycles. The van der Waals surface area contributed by atoms with Crippen LogP contribution in [0.15, 0.2) is 0 Å². The molecule has 2 heterocycles. The Morgan fingerprint density at radius 3 is 2.60 bits per heavy atom. The summed E-state index contributed by atoms with van der Waals surface area (Å²) in [6, 6.07) is 0. The van der Waals surface area contributed by atoms with E-state index in [-0.39, 0.29) is 0 Å². The van der Waals surface area contributed by atoms with Gasteiger partial charge in [-0.2, -0.15) is 11.8 Å². The Kier molecular flexibility index (Phi) is 1.50. The molecule has 1 unspecified atom stereocenters. The van der Waals surface area contributed by atoms with E-state index in [0.717, 1.165) is 12.5 Å². The number of hydrogen-bond acceptors (Lipinski definition) is 2. The minimum absolute atomic E-state index is 0.487. The van der Waals surface area contributed by atoms with Gasteiger partial charge in [0.1, 0.15) is 0 Å². The second-order valence-electron chi connectivity index (χ2n) is 3.72. The minimum atomic E-state index is 0.487. The van der Waals surface area contributed by atoms with Crippen LogP contribution in [0.2, 0.25) is 0 Å². The summed E-state index contributed by atoms with van der Waals surface area (Å²) in [6.07, 6.45) is 1.98. The molecule has 0 spiro atoms. The van der Waals surface area contributed by atoms with E-state index in [1.54, 1.807) is 0 Å². The summed E-state index contributed by atoms with van der Waals surface area (Å²) in [5, 5.41) is 0. The molecule has 0 bridgehead atoms. The molecule has 0 aromatic heterocycles. The van der Waals surface area contributed by atoms with Gasteiger partial charge in [-0.05, 0) is 12.2 Å². The van der Waals surface area contributed by atoms with E-state index < -0.39 is 0 Å². The highest BCUT2D eigenvalue weighted by Gasteiger charge is 2.45. The minimum Gasteiger partial charge on any atom is -0.373 e. The SMILES string of the molecule is CC1(C)SCCC1[C@H]1CO1. The summed E-state index contributed by atoms with van der Waals surface area (Å²) >= 11 is 2.10. The Balaban J connectivity index is 2.05. The van der Waals surface area contributed by atoms with Crippen molar-refractivity contribution in [2.75, 3.05) is 12.4 Å². The predicted octanol–water partition coefficient (Wildman–Crippen LogP) is 1.92. The van der Waals surface area contributed by atoms with E-state index in [1.807, 2.05) is 0 Å². The number of rotatable bonds is 1. The first kappa shape index (κ1) is 6.99. The molecule has 2 heteroatoms. The van der Waals surface area contributed by atoms with Crippen LogP contribution in [-0.4, -0.2) is 23.2 Å². The van der Waals surface area contributed by atoms with Gasteiger partial charge in [-0.25, -0.2) is 0 Å². The number of epoxide rings is 1. The van der Waals surface area contributed by atoms with Gasteiger partial charge in [-0.1, -0.05) is 13.8 Å². The van der Waals surface area contributed by atoms with Crippen molar-refractivity contribution in [3.8, 4) is 0 Å². The first-order valence-corrected chi connectivity index (χ1v) is 4.94. The lowest BCUT2D eigenvalue weighted by Gasteiger charge is -2.23. The maximum absolute atomic E-state index is 5.31. The molecule has 2 rings (SSSR count). The largest absolute Gasteiger partial charge is 0.373 e. The van der Waals surface area contributed by atoms with Gasteiger partial charge in [-0.3, -0.25) is 0 Å². The van der Waals surface area contributed by atoms with Crippen molar-refractivity contribution in [3.63, 3.8) is 0 Å². The van der Waals surface area contributed by atoms with Gasteiger partial charge in [0, 0.05) is 10.7 Å². The molecule has 2 atom stereocenters. The van der Waals surface area contributed by atoms with Crippen LogP contribution in [0.5, 0.6) is 0 Å². The summed E-state index contributed by atoms with van der Waals surface area (Å²) in [7, 11) is 0. The molecule has 2 fully saturated rings. The zero-order valence-corrected chi connectivity index (χ0v) is 7.41. The third kappa shape index (κ3) is 1.08. The fourth-order valence-electron chi connectivity index (χ4n) is 1.83. The van der Waals surface area contributed by atoms with E-state index in [4.69, 9.17) is 4.74 Å². The zero-order valence-electron chi connectivity index (χ0n) is 6.59. The van der Waals surface area contributed by atoms with Crippen molar-refractivity contribution in [1.29, 1.82) is 0 Å². The van der Waals surface area contributed by atoms with Crippen LogP contribution in [0, 0.1) is 5.92 Å². The highest BCUT2D eigenvalue weighted by Crippen LogP contribution is 2.47. The lowest BCUT2D eigenvalue weighted by Crippen LogP contribution is -2.26. The van der Waals surface area contributed by atoms with Gasteiger partial charge < -0.3 is 4.74 Å². The molecule has 0 amide bonds. The number of ether oxygens (including phenoxy) is 1. The van der Waals surface area contributed by atoms with E-state index in [9.17, 15) is 0 Å². The van der Waals surface area contributed by atoms with Crippen LogP contribution < -0.4 is 0 Å². The quantitative estimate of drug-likeness (QED) is 0.541. The second kappa shape index (κ2) is 2.15. The molecule has 10 heavy (non-hydrogen) atoms. The van der Waals surface area contributed by atoms with Crippen molar-refractivity contribution >= 4 is 11.8 Å². The number of hydrogen-bond donors (Lipinski definition) is 0. The Morgan fingerprint density at radius 1 is 1.50 bits per heavy atom. The fraction of sp³-hybridized carbons (Fsp3) is 1.00. The molecule has 2 saturated heterocycles. The Morgan fingerprint density at radius 2 is 2.20 bits per heavy atom. The van der Waals surface area contributed by atoms with Crippen LogP contribution in [0.3, 0.4) is 0 Å². The van der Waals surface area contributed by atoms with Crippen LogP contribution in [-0.2, 0) is 4.74 Å². The van der Waals surface area contributed by atoms with E-state index in [2.05, 4.69) is 25.6 Å². The molecule has 0 N–H and O–H groups in total. The lowest BCUT2D eigenvalue weighted by molar-refractivity contribution is 0.296. The molecule has 0 aromatic rings. The molecule has 0 saturated carbocycles. The van der Waals surface area contributed by atoms with E-state index in [1.165, 1.54) is 12.2 Å². The summed E-state index contributed by atoms with van der Waals surface area (Å²) in [5.74, 6) is 2.16. The summed E-state index contributed by atoms with van der Waals surface area (Å²) < 4.78 is 5.80. The predicted molar refractivity (Wildman–Crippen MR) is 44.4 cm³/mol. The van der Waals surface area contributed by atoms with Crippen LogP contribution in [0.4, 0.5) is 0 Å². The Bertz CT molecular complexity index is 140. The molecule has 0 aliphatic carbocycles. The third-order valence-corrected chi connectivity index (χ3v) is 4.09. The second-order valence-corrected chi connectivity index (χ2v) is 5.47. The van der Waals surface area contributed by atoms with Crippen molar-refractivity contribution in [2.45, 2.75) is 31.1 Å². The highest BCUT2D eigenvalue weighted by molar-refractivity contribution is 8.00. The van der Waals surface area contributed by atoms with Gasteiger partial charge in [0.2, 0.25) is 0 Å². The van der Waals surface area contributed by atoms with Crippen molar-refractivity contribution in [1.82, 2.24) is 0 Å². The third-order valence-electron chi connectivity index (χ3n) is 2.60. The standard InChI is InChI=1S/C8H14OS/c1-8(2)6(3-4-10-8)7-5-9-7/h6-7H,3-5H2,1-2H3/t6?,7-/m1/s1. The van der Waals surface area contributed by atoms with Gasteiger partial charge >= 0.3 is 0 Å². The Labute approximate surface area is 66.5 Å². The molecule has 2 aliphatic rings. The summed E-state index contributed by atoms with van der Waals surface area (Å²) in [5.41, 5.74) is 0. The highest BCUT2D eigenvalue weighted by atomic mass is 32.2. The van der Waals surface area contributed by atoms with Crippen molar-refractivity contribution in [2.24, 2.45) is 5.92 Å². The van der Waals surface area contributed by atoms with Crippen molar-refractivity contribution < 1.29 is 4.74 Å². The molecule has 0 radical (unpaired) electrons. The van der Waals surface area contributed by atoms with Crippen molar-refractivity contribution in [3.05, 3.63) is 0 Å². The Hall–Kier alpha value is 0.310. The average molecular weight is 158 g/mol. The molecule has 1 nitrogen and oxygen atoms in total. The van der Waals surface area contributed by atoms with Gasteiger partial charge in [0.05, 0.1) is 12.7 Å². The number of thioether (sulfide) groups is 1. The molecule has 58 valence electrons. The topological polar surface area (TPSA) is 12.5 Å². The van der Waals surface area contributed by atoms with Crippen LogP contribution in [0.1, 0.15) is 20.3 Å². The summed E-state index contributed by atoms with van der Waals surface area (Å²) in [6.45, 7) is 5.71. The molecular formula is C8H14OS. The van der Waals surface area contributed by atoms with Crippen LogP contribution in [0.25, 0.3) is 0 Å². The maximum Gasteiger partial charge on any atom is 0.0851 e. The molecule has 2 aliphatic heterocycles. The monoisotopic (exact) mass is 158 g/mol. The fourth-order valence-corrected chi connectivity index (χ4v) is 3.21. The van der Waals surface area contributed by atoms with E-state index in [0.29, 0.717) is 10.9 Å². The van der Waals surface area contributed by atoms with Gasteiger partial charge in [-0.15, -0.1) is 0 Å². The molecular weight excluding hydrogens is 144 g/mol. The normalized spacial score (nSPS) is 43.8. The van der Waals surface area contributed by atoms with E-state index >= 15 is 0 Å². The van der Waals surface area contributed by atoms with Gasteiger partial charge in [0.15, 0.2) is 0 Å². The first-order chi connectivity index (χ1) is 4.70. The zero-order chi connectivity index (χ0) is 7.19. The van der Waals surface area contributed by atoms with Gasteiger partial charge in [0.25, 0.3) is 0 Å².